The van der Waals surface area contributed by atoms with Crippen LogP contribution >= 0.6 is 0 Å². The van der Waals surface area contributed by atoms with E-state index in [0.717, 1.165) is 34.1 Å². The molecule has 1 aromatic heterocycles. The first kappa shape index (κ1) is 24.6. The maximum Gasteiger partial charge on any atom is 0.262 e. The maximum atomic E-state index is 13.9. The van der Waals surface area contributed by atoms with Gasteiger partial charge >= 0.3 is 0 Å². The van der Waals surface area contributed by atoms with Crippen LogP contribution in [0.2, 0.25) is 0 Å². The molecule has 0 saturated heterocycles. The molecule has 2 heterocycles. The summed E-state index contributed by atoms with van der Waals surface area (Å²) in [5.41, 5.74) is 18.2. The number of rotatable bonds is 1. The number of fused-ring (bicyclic) bond motifs is 15. The minimum Gasteiger partial charge on any atom is -0.279 e. The van der Waals surface area contributed by atoms with Crippen molar-refractivity contribution in [3.05, 3.63) is 190 Å². The SMILES string of the molecule is O=C1c2ccccc2C2CC(c3ccc4c(c3)C3(c5ccccc5-c5ccccc53)c3ccccc3-4)=Cc3c2n1c1ccccc31. The third-order valence-electron chi connectivity index (χ3n) is 11.2. The fourth-order valence-corrected chi connectivity index (χ4v) is 9.42. The van der Waals surface area contributed by atoms with Gasteiger partial charge in [0.15, 0.2) is 0 Å². The van der Waals surface area contributed by atoms with Gasteiger partial charge in [0, 0.05) is 28.1 Å². The van der Waals surface area contributed by atoms with Crippen molar-refractivity contribution < 1.29 is 4.79 Å². The molecule has 2 nitrogen and oxygen atoms in total. The van der Waals surface area contributed by atoms with E-state index >= 15 is 0 Å². The molecule has 2 heteroatoms. The average molecular weight is 586 g/mol. The van der Waals surface area contributed by atoms with Crippen molar-refractivity contribution in [2.75, 3.05) is 0 Å². The molecule has 0 amide bonds. The zero-order valence-corrected chi connectivity index (χ0v) is 25.0. The second-order valence-corrected chi connectivity index (χ2v) is 13.1. The first-order valence-electron chi connectivity index (χ1n) is 16.2. The Morgan fingerprint density at radius 2 is 1.13 bits per heavy atom. The largest absolute Gasteiger partial charge is 0.279 e. The molecular weight excluding hydrogens is 558 g/mol. The molecule has 0 bridgehead atoms. The van der Waals surface area contributed by atoms with E-state index in [1.807, 2.05) is 22.8 Å². The third-order valence-corrected chi connectivity index (χ3v) is 11.2. The standard InChI is InChI=1S/C44H27NO/c46-43-34-16-2-1-11-28(34)35-23-27(24-36-33-15-6-10-20-41(33)45(43)42(35)36)26-21-22-32-31-14-5-9-19-39(31)44(40(32)25-26)37-17-7-3-12-29(37)30-13-4-8-18-38(30)44/h1-22,24-25,35H,23H2. The van der Waals surface area contributed by atoms with Crippen LogP contribution in [0.25, 0.3) is 44.8 Å². The molecule has 4 aliphatic rings. The van der Waals surface area contributed by atoms with Crippen molar-refractivity contribution in [3.8, 4) is 22.3 Å². The molecule has 7 aromatic rings. The molecule has 1 atom stereocenters. The summed E-state index contributed by atoms with van der Waals surface area (Å²) in [5, 5.41) is 1.14. The van der Waals surface area contributed by atoms with Crippen molar-refractivity contribution in [3.63, 3.8) is 0 Å². The molecule has 0 radical (unpaired) electrons. The fourth-order valence-electron chi connectivity index (χ4n) is 9.42. The number of carbonyl (C=O) groups is 1. The van der Waals surface area contributed by atoms with Gasteiger partial charge < -0.3 is 0 Å². The maximum absolute atomic E-state index is 13.9. The number of aromatic nitrogens is 1. The number of nitrogens with zero attached hydrogens (tertiary/aromatic N) is 1. The lowest BCUT2D eigenvalue weighted by Gasteiger charge is -2.32. The lowest BCUT2D eigenvalue weighted by molar-refractivity contribution is 0.0954. The van der Waals surface area contributed by atoms with Gasteiger partial charge in [-0.25, -0.2) is 0 Å². The Morgan fingerprint density at radius 3 is 1.83 bits per heavy atom. The molecule has 46 heavy (non-hydrogen) atoms. The van der Waals surface area contributed by atoms with Crippen LogP contribution in [0.15, 0.2) is 140 Å². The number of benzene rings is 6. The fraction of sp³-hybridized carbons (Fsp3) is 0.0682. The van der Waals surface area contributed by atoms with E-state index < -0.39 is 0 Å². The van der Waals surface area contributed by atoms with Crippen molar-refractivity contribution in [1.29, 1.82) is 0 Å². The van der Waals surface area contributed by atoms with Crippen molar-refractivity contribution in [2.45, 2.75) is 17.8 Å². The summed E-state index contributed by atoms with van der Waals surface area (Å²) in [5.74, 6) is 0.195. The van der Waals surface area contributed by atoms with Crippen molar-refractivity contribution in [1.82, 2.24) is 4.57 Å². The first-order valence-corrected chi connectivity index (χ1v) is 16.2. The lowest BCUT2D eigenvalue weighted by Crippen LogP contribution is -2.27. The van der Waals surface area contributed by atoms with Crippen LogP contribution in [0, 0.1) is 0 Å². The summed E-state index contributed by atoms with van der Waals surface area (Å²) < 4.78 is 1.99. The molecule has 0 N–H and O–H groups in total. The molecule has 11 rings (SSSR count). The van der Waals surface area contributed by atoms with Gasteiger partial charge in [0.05, 0.1) is 10.9 Å². The number of para-hydroxylation sites is 1. The summed E-state index contributed by atoms with van der Waals surface area (Å²) in [6, 6.07) is 50.8. The summed E-state index contributed by atoms with van der Waals surface area (Å²) in [6.07, 6.45) is 3.22. The second kappa shape index (κ2) is 8.50. The number of hydrogen-bond donors (Lipinski definition) is 0. The van der Waals surface area contributed by atoms with Gasteiger partial charge in [-0.2, -0.15) is 0 Å². The topological polar surface area (TPSA) is 22.0 Å². The highest BCUT2D eigenvalue weighted by atomic mass is 16.2. The molecule has 1 aliphatic heterocycles. The monoisotopic (exact) mass is 585 g/mol. The summed E-state index contributed by atoms with van der Waals surface area (Å²) in [4.78, 5) is 13.9. The van der Waals surface area contributed by atoms with Crippen LogP contribution in [0.5, 0.6) is 0 Å². The van der Waals surface area contributed by atoms with Gasteiger partial charge in [0.25, 0.3) is 5.91 Å². The molecule has 214 valence electrons. The Labute approximate surface area is 266 Å². The van der Waals surface area contributed by atoms with Gasteiger partial charge in [0.1, 0.15) is 0 Å². The quantitative estimate of drug-likeness (QED) is 0.188. The number of hydrogen-bond acceptors (Lipinski definition) is 1. The summed E-state index contributed by atoms with van der Waals surface area (Å²) in [7, 11) is 0. The van der Waals surface area contributed by atoms with E-state index in [0.29, 0.717) is 0 Å². The van der Waals surface area contributed by atoms with Crippen LogP contribution in [-0.4, -0.2) is 10.5 Å². The van der Waals surface area contributed by atoms with Gasteiger partial charge in [-0.05, 0) is 91.9 Å². The predicted molar refractivity (Wildman–Crippen MR) is 185 cm³/mol. The first-order chi connectivity index (χ1) is 22.7. The number of carbonyl (C=O) groups excluding carboxylic acids is 1. The van der Waals surface area contributed by atoms with Crippen LogP contribution < -0.4 is 0 Å². The van der Waals surface area contributed by atoms with Crippen LogP contribution in [0.1, 0.15) is 67.3 Å². The van der Waals surface area contributed by atoms with Crippen LogP contribution in [-0.2, 0) is 5.41 Å². The summed E-state index contributed by atoms with van der Waals surface area (Å²) in [6.45, 7) is 0. The molecule has 6 aromatic carbocycles. The smallest absolute Gasteiger partial charge is 0.262 e. The zero-order valence-electron chi connectivity index (χ0n) is 25.0. The molecule has 1 unspecified atom stereocenters. The lowest BCUT2D eigenvalue weighted by atomic mass is 9.70. The number of allylic oxidation sites excluding steroid dienone is 1. The van der Waals surface area contributed by atoms with E-state index in [2.05, 4.69) is 127 Å². The Balaban J connectivity index is 1.19. The molecule has 0 saturated carbocycles. The Kier molecular flexibility index (Phi) is 4.54. The Bertz CT molecular complexity index is 2480. The normalized spacial score (nSPS) is 17.2. The van der Waals surface area contributed by atoms with Crippen LogP contribution in [0.4, 0.5) is 0 Å². The molecular formula is C44H27NO. The van der Waals surface area contributed by atoms with Gasteiger partial charge in [0.2, 0.25) is 0 Å². The second-order valence-electron chi connectivity index (χ2n) is 13.1. The Morgan fingerprint density at radius 1 is 0.565 bits per heavy atom. The van der Waals surface area contributed by atoms with Crippen molar-refractivity contribution >= 4 is 28.5 Å². The predicted octanol–water partition coefficient (Wildman–Crippen LogP) is 10.1. The third kappa shape index (κ3) is 2.78. The van der Waals surface area contributed by atoms with Crippen molar-refractivity contribution in [2.24, 2.45) is 0 Å². The van der Waals surface area contributed by atoms with Gasteiger partial charge in [-0.1, -0.05) is 121 Å². The minimum atomic E-state index is -0.366. The molecule has 3 aliphatic carbocycles. The minimum absolute atomic E-state index is 0.0805. The van der Waals surface area contributed by atoms with Gasteiger partial charge in [-0.15, -0.1) is 0 Å². The van der Waals surface area contributed by atoms with E-state index in [-0.39, 0.29) is 17.2 Å². The van der Waals surface area contributed by atoms with E-state index in [1.54, 1.807) is 0 Å². The summed E-state index contributed by atoms with van der Waals surface area (Å²) >= 11 is 0. The van der Waals surface area contributed by atoms with Gasteiger partial charge in [-0.3, -0.25) is 9.36 Å². The highest BCUT2D eigenvalue weighted by Gasteiger charge is 2.51. The highest BCUT2D eigenvalue weighted by Crippen LogP contribution is 2.63. The van der Waals surface area contributed by atoms with E-state index in [4.69, 9.17) is 0 Å². The highest BCUT2D eigenvalue weighted by molar-refractivity contribution is 6.10. The Hall–Kier alpha value is -5.73. The molecule has 0 fully saturated rings. The zero-order chi connectivity index (χ0) is 30.1. The average Bonchev–Trinajstić information content (AvgIpc) is 3.73. The van der Waals surface area contributed by atoms with E-state index in [1.165, 1.54) is 61.2 Å². The molecule has 1 spiro atoms. The van der Waals surface area contributed by atoms with E-state index in [9.17, 15) is 4.79 Å². The van der Waals surface area contributed by atoms with Crippen LogP contribution in [0.3, 0.4) is 0 Å².